The fourth-order valence-corrected chi connectivity index (χ4v) is 3.05. The number of carbonyl (C=O) groups is 1. The zero-order valence-electron chi connectivity index (χ0n) is 13.6. The average molecular weight is 304 g/mol. The Morgan fingerprint density at radius 2 is 1.52 bits per heavy atom. The van der Waals surface area contributed by atoms with Gasteiger partial charge in [0, 0.05) is 12.0 Å². The van der Waals surface area contributed by atoms with Crippen molar-refractivity contribution >= 4 is 16.6 Å². The van der Waals surface area contributed by atoms with Crippen molar-refractivity contribution in [3.8, 4) is 0 Å². The fourth-order valence-electron chi connectivity index (χ4n) is 3.05. The van der Waals surface area contributed by atoms with Gasteiger partial charge in [-0.05, 0) is 16.3 Å². The van der Waals surface area contributed by atoms with Crippen molar-refractivity contribution in [3.05, 3.63) is 83.9 Å². The predicted molar refractivity (Wildman–Crippen MR) is 95.0 cm³/mol. The van der Waals surface area contributed by atoms with Gasteiger partial charge in [0.15, 0.2) is 6.04 Å². The van der Waals surface area contributed by atoms with Gasteiger partial charge >= 0.3 is 0 Å². The Kier molecular flexibility index (Phi) is 4.54. The monoisotopic (exact) mass is 304 g/mol. The van der Waals surface area contributed by atoms with E-state index < -0.39 is 0 Å². The van der Waals surface area contributed by atoms with Gasteiger partial charge in [0.05, 0.1) is 14.1 Å². The molecule has 3 aromatic carbocycles. The molecular formula is C21H22NO+. The molecule has 0 aromatic heterocycles. The molecule has 0 bridgehead atoms. The van der Waals surface area contributed by atoms with Gasteiger partial charge in [-0.2, -0.15) is 0 Å². The minimum Gasteiger partial charge on any atom is -0.331 e. The second-order valence-corrected chi connectivity index (χ2v) is 6.20. The summed E-state index contributed by atoms with van der Waals surface area (Å²) in [5.41, 5.74) is 2.03. The van der Waals surface area contributed by atoms with Crippen molar-refractivity contribution in [2.45, 2.75) is 12.5 Å². The molecule has 0 aliphatic rings. The molecule has 0 amide bonds. The molecule has 3 aromatic rings. The summed E-state index contributed by atoms with van der Waals surface area (Å²) in [4.78, 5) is 14.1. The molecule has 23 heavy (non-hydrogen) atoms. The molecular weight excluding hydrogens is 282 g/mol. The Balaban J connectivity index is 1.95. The predicted octanol–water partition coefficient (Wildman–Crippen LogP) is 2.78. The number of hydrogen-bond donors (Lipinski definition) is 1. The summed E-state index contributed by atoms with van der Waals surface area (Å²) in [6, 6.07) is 24.2. The number of rotatable bonds is 5. The summed E-state index contributed by atoms with van der Waals surface area (Å²) in [6.45, 7) is 0. The van der Waals surface area contributed by atoms with Crippen LogP contribution >= 0.6 is 0 Å². The Bertz CT molecular complexity index is 803. The highest BCUT2D eigenvalue weighted by Gasteiger charge is 2.26. The molecule has 0 aliphatic heterocycles. The third kappa shape index (κ3) is 3.33. The molecule has 0 heterocycles. The summed E-state index contributed by atoms with van der Waals surface area (Å²) in [5, 5.41) is 2.46. The van der Waals surface area contributed by atoms with Crippen LogP contribution in [0.4, 0.5) is 0 Å². The molecule has 1 N–H and O–H groups in total. The van der Waals surface area contributed by atoms with Crippen LogP contribution in [0.1, 0.15) is 15.9 Å². The zero-order chi connectivity index (χ0) is 16.2. The lowest BCUT2D eigenvalue weighted by molar-refractivity contribution is -0.874. The van der Waals surface area contributed by atoms with E-state index in [0.717, 1.165) is 16.9 Å². The lowest BCUT2D eigenvalue weighted by atomic mass is 9.94. The Hall–Kier alpha value is -2.45. The van der Waals surface area contributed by atoms with Crippen LogP contribution in [0.2, 0.25) is 0 Å². The summed E-state index contributed by atoms with van der Waals surface area (Å²) < 4.78 is 0. The zero-order valence-corrected chi connectivity index (χ0v) is 13.6. The average Bonchev–Trinajstić information content (AvgIpc) is 2.59. The van der Waals surface area contributed by atoms with Crippen molar-refractivity contribution in [3.63, 3.8) is 0 Å². The van der Waals surface area contributed by atoms with Gasteiger partial charge in [-0.3, -0.25) is 4.79 Å². The van der Waals surface area contributed by atoms with E-state index in [4.69, 9.17) is 0 Å². The van der Waals surface area contributed by atoms with Gasteiger partial charge in [0.1, 0.15) is 0 Å². The molecule has 3 rings (SSSR count). The van der Waals surface area contributed by atoms with Crippen LogP contribution in [0.5, 0.6) is 0 Å². The lowest BCUT2D eigenvalue weighted by Gasteiger charge is -2.21. The van der Waals surface area contributed by atoms with Crippen LogP contribution in [0.15, 0.2) is 72.8 Å². The summed E-state index contributed by atoms with van der Waals surface area (Å²) in [7, 11) is 4.10. The molecule has 0 saturated heterocycles. The molecule has 0 radical (unpaired) electrons. The van der Waals surface area contributed by atoms with Crippen molar-refractivity contribution in [2.75, 3.05) is 14.1 Å². The topological polar surface area (TPSA) is 21.5 Å². The molecule has 2 nitrogen and oxygen atoms in total. The van der Waals surface area contributed by atoms with Crippen LogP contribution in [-0.4, -0.2) is 25.9 Å². The lowest BCUT2D eigenvalue weighted by Crippen LogP contribution is -3.11. The van der Waals surface area contributed by atoms with Crippen molar-refractivity contribution in [2.24, 2.45) is 0 Å². The van der Waals surface area contributed by atoms with E-state index in [2.05, 4.69) is 56.6 Å². The van der Waals surface area contributed by atoms with Gasteiger partial charge in [-0.25, -0.2) is 0 Å². The molecule has 0 unspecified atom stereocenters. The number of benzene rings is 3. The molecule has 2 heteroatoms. The van der Waals surface area contributed by atoms with Crippen LogP contribution in [-0.2, 0) is 6.42 Å². The van der Waals surface area contributed by atoms with E-state index in [1.165, 1.54) is 16.3 Å². The Morgan fingerprint density at radius 3 is 2.26 bits per heavy atom. The Labute approximate surface area is 137 Å². The van der Waals surface area contributed by atoms with E-state index in [1.807, 2.05) is 30.3 Å². The van der Waals surface area contributed by atoms with Gasteiger partial charge < -0.3 is 4.90 Å². The van der Waals surface area contributed by atoms with E-state index in [1.54, 1.807) is 0 Å². The fraction of sp³-hybridized carbons (Fsp3) is 0.190. The number of Topliss-reactive ketones (excluding diaryl/α,β-unsaturated/α-hetero) is 1. The highest BCUT2D eigenvalue weighted by atomic mass is 16.1. The molecule has 0 aliphatic carbocycles. The first-order chi connectivity index (χ1) is 11.2. The van der Waals surface area contributed by atoms with Crippen molar-refractivity contribution in [1.82, 2.24) is 0 Å². The van der Waals surface area contributed by atoms with Gasteiger partial charge in [-0.1, -0.05) is 72.8 Å². The van der Waals surface area contributed by atoms with E-state index >= 15 is 0 Å². The molecule has 0 fully saturated rings. The quantitative estimate of drug-likeness (QED) is 0.719. The van der Waals surface area contributed by atoms with Crippen molar-refractivity contribution in [1.29, 1.82) is 0 Å². The molecule has 116 valence electrons. The second-order valence-electron chi connectivity index (χ2n) is 6.20. The molecule has 1 atom stereocenters. The third-order valence-corrected chi connectivity index (χ3v) is 4.38. The highest BCUT2D eigenvalue weighted by molar-refractivity contribution is 5.99. The van der Waals surface area contributed by atoms with Crippen LogP contribution in [0.3, 0.4) is 0 Å². The first kappa shape index (κ1) is 15.4. The number of nitrogens with one attached hydrogen (secondary N) is 1. The Morgan fingerprint density at radius 1 is 0.870 bits per heavy atom. The first-order valence-corrected chi connectivity index (χ1v) is 8.03. The van der Waals surface area contributed by atoms with E-state index in [-0.39, 0.29) is 11.8 Å². The summed E-state index contributed by atoms with van der Waals surface area (Å²) in [5.74, 6) is 0.207. The minimum absolute atomic E-state index is 0.0804. The minimum atomic E-state index is -0.0804. The first-order valence-electron chi connectivity index (χ1n) is 8.03. The number of carbonyl (C=O) groups excluding carboxylic acids is 1. The number of fused-ring (bicyclic) bond motifs is 1. The van der Waals surface area contributed by atoms with Crippen LogP contribution < -0.4 is 4.90 Å². The highest BCUT2D eigenvalue weighted by Crippen LogP contribution is 2.20. The second kappa shape index (κ2) is 6.76. The number of ketones is 1. The number of likely N-dealkylation sites (N-methyl/N-ethyl adjacent to an activating group) is 1. The smallest absolute Gasteiger partial charge is 0.220 e. The number of hydrogen-bond acceptors (Lipinski definition) is 1. The third-order valence-electron chi connectivity index (χ3n) is 4.38. The van der Waals surface area contributed by atoms with E-state index in [0.29, 0.717) is 0 Å². The molecule has 0 spiro atoms. The van der Waals surface area contributed by atoms with Gasteiger partial charge in [0.2, 0.25) is 5.78 Å². The van der Waals surface area contributed by atoms with Gasteiger partial charge in [-0.15, -0.1) is 0 Å². The summed E-state index contributed by atoms with van der Waals surface area (Å²) >= 11 is 0. The normalized spacial score (nSPS) is 12.5. The maximum absolute atomic E-state index is 12.9. The largest absolute Gasteiger partial charge is 0.331 e. The standard InChI is InChI=1S/C21H21NO/c1-22(2)20(21(23)17-10-4-3-5-11-17)15-18-13-8-12-16-9-6-7-14-19(16)18/h3-14,20H,15H2,1-2H3/p+1/t20-/m0/s1. The van der Waals surface area contributed by atoms with E-state index in [9.17, 15) is 4.79 Å². The molecule has 0 saturated carbocycles. The maximum atomic E-state index is 12.9. The van der Waals surface area contributed by atoms with Crippen LogP contribution in [0.25, 0.3) is 10.8 Å². The summed E-state index contributed by atoms with van der Waals surface area (Å²) in [6.07, 6.45) is 0.747. The SMILES string of the molecule is C[NH+](C)[C@@H](Cc1cccc2ccccc12)C(=O)c1ccccc1. The van der Waals surface area contributed by atoms with Crippen molar-refractivity contribution < 1.29 is 9.69 Å². The maximum Gasteiger partial charge on any atom is 0.220 e. The van der Waals surface area contributed by atoms with Crippen LogP contribution in [0, 0.1) is 0 Å². The van der Waals surface area contributed by atoms with Gasteiger partial charge in [0.25, 0.3) is 0 Å². The number of quaternary nitrogens is 1.